The lowest BCUT2D eigenvalue weighted by Gasteiger charge is -2.21. The topological polar surface area (TPSA) is 76.3 Å². The molecule has 0 aliphatic carbocycles. The summed E-state index contributed by atoms with van der Waals surface area (Å²) in [5, 5.41) is 4.56. The molecule has 0 unspecified atom stereocenters. The highest BCUT2D eigenvalue weighted by Gasteiger charge is 2.21. The summed E-state index contributed by atoms with van der Waals surface area (Å²) in [5.41, 5.74) is 3.64. The van der Waals surface area contributed by atoms with E-state index in [9.17, 15) is 4.79 Å². The Morgan fingerprint density at radius 2 is 2.17 bits per heavy atom. The molecule has 0 radical (unpaired) electrons. The number of carbonyl (C=O) groups excluding carboxylic acids is 1. The van der Waals surface area contributed by atoms with Crippen molar-refractivity contribution in [2.45, 2.75) is 6.92 Å². The molecule has 3 aromatic heterocycles. The minimum Gasteiger partial charge on any atom is -0.274 e. The largest absolute Gasteiger partial charge is 0.274 e. The molecular weight excluding hydrogens is 318 g/mol. The van der Waals surface area contributed by atoms with E-state index in [0.29, 0.717) is 16.5 Å². The Labute approximate surface area is 137 Å². The van der Waals surface area contributed by atoms with E-state index < -0.39 is 0 Å². The van der Waals surface area contributed by atoms with Crippen LogP contribution in [0.25, 0.3) is 5.52 Å². The van der Waals surface area contributed by atoms with Crippen molar-refractivity contribution in [2.75, 3.05) is 12.0 Å². The first kappa shape index (κ1) is 15.4. The van der Waals surface area contributed by atoms with E-state index in [1.54, 1.807) is 60.0 Å². The molecule has 8 heteroatoms. The number of nitrogens with zero attached hydrogens (tertiary/aromatic N) is 4. The molecule has 0 atom stereocenters. The van der Waals surface area contributed by atoms with E-state index in [2.05, 4.69) is 10.1 Å². The van der Waals surface area contributed by atoms with Crippen molar-refractivity contribution < 1.29 is 15.1 Å². The SMILES string of the molecule is CO[NH2+]c1ccnc(N(C(C)=O)c2ccn3nccc3c2Cl)c1. The number of pyridine rings is 2. The molecule has 23 heavy (non-hydrogen) atoms. The van der Waals surface area contributed by atoms with E-state index in [4.69, 9.17) is 16.4 Å². The number of hydrogen-bond acceptors (Lipinski definition) is 4. The first-order valence-electron chi connectivity index (χ1n) is 6.86. The smallest absolute Gasteiger partial charge is 0.229 e. The van der Waals surface area contributed by atoms with Crippen molar-refractivity contribution in [3.05, 3.63) is 47.9 Å². The Hall–Kier alpha value is -2.48. The summed E-state index contributed by atoms with van der Waals surface area (Å²) in [5.74, 6) is 0.270. The molecule has 0 aliphatic heterocycles. The number of quaternary nitrogens is 1. The van der Waals surface area contributed by atoms with Gasteiger partial charge in [0.1, 0.15) is 5.82 Å². The van der Waals surface area contributed by atoms with Crippen LogP contribution in [0.1, 0.15) is 6.92 Å². The van der Waals surface area contributed by atoms with Crippen molar-refractivity contribution in [3.8, 4) is 0 Å². The van der Waals surface area contributed by atoms with Gasteiger partial charge in [0, 0.05) is 31.5 Å². The van der Waals surface area contributed by atoms with Crippen LogP contribution in [0.15, 0.2) is 42.9 Å². The van der Waals surface area contributed by atoms with Gasteiger partial charge in [0.25, 0.3) is 0 Å². The number of nitrogens with two attached hydrogens (primary N) is 1. The maximum absolute atomic E-state index is 12.2. The molecule has 0 spiro atoms. The number of aromatic nitrogens is 3. The summed E-state index contributed by atoms with van der Waals surface area (Å²) >= 11 is 6.46. The lowest BCUT2D eigenvalue weighted by molar-refractivity contribution is -0.830. The first-order chi connectivity index (χ1) is 11.1. The standard InChI is InChI=1S/C15H14ClN5O2/c1-10(22)21(14-9-11(19-23-2)3-6-17-14)13-5-8-20-12(15(13)16)4-7-18-20/h3-9H,1-2H3,(H,17,19)/p+1. The van der Waals surface area contributed by atoms with Crippen LogP contribution in [-0.4, -0.2) is 27.6 Å². The molecule has 1 amide bonds. The second-order valence-corrected chi connectivity index (χ2v) is 5.21. The van der Waals surface area contributed by atoms with Crippen LogP contribution in [0.4, 0.5) is 17.2 Å². The minimum absolute atomic E-state index is 0.196. The number of rotatable bonds is 4. The van der Waals surface area contributed by atoms with Gasteiger partial charge in [-0.2, -0.15) is 10.6 Å². The Balaban J connectivity index is 2.12. The predicted octanol–water partition coefficient (Wildman–Crippen LogP) is 1.82. The molecular formula is C15H15ClN5O2+. The maximum atomic E-state index is 12.2. The summed E-state index contributed by atoms with van der Waals surface area (Å²) in [7, 11) is 1.56. The van der Waals surface area contributed by atoms with Crippen molar-refractivity contribution in [3.63, 3.8) is 0 Å². The van der Waals surface area contributed by atoms with Crippen molar-refractivity contribution in [1.82, 2.24) is 14.6 Å². The number of fused-ring (bicyclic) bond motifs is 1. The molecule has 0 aromatic carbocycles. The molecule has 0 saturated heterocycles. The van der Waals surface area contributed by atoms with Crippen LogP contribution >= 0.6 is 11.6 Å². The molecule has 3 rings (SSSR count). The van der Waals surface area contributed by atoms with Gasteiger partial charge in [-0.1, -0.05) is 11.6 Å². The van der Waals surface area contributed by atoms with Gasteiger partial charge in [0.15, 0.2) is 5.69 Å². The van der Waals surface area contributed by atoms with Crippen molar-refractivity contribution in [2.24, 2.45) is 0 Å². The van der Waals surface area contributed by atoms with Gasteiger partial charge in [-0.05, 0) is 12.1 Å². The van der Waals surface area contributed by atoms with Crippen LogP contribution in [0, 0.1) is 0 Å². The number of anilines is 2. The highest BCUT2D eigenvalue weighted by Crippen LogP contribution is 2.34. The molecule has 0 fully saturated rings. The number of hydrogen-bond donors (Lipinski definition) is 1. The molecule has 3 heterocycles. The zero-order valence-electron chi connectivity index (χ0n) is 12.6. The molecule has 118 valence electrons. The highest BCUT2D eigenvalue weighted by molar-refractivity contribution is 6.37. The van der Waals surface area contributed by atoms with Crippen LogP contribution in [0.2, 0.25) is 5.02 Å². The zero-order valence-corrected chi connectivity index (χ0v) is 13.4. The highest BCUT2D eigenvalue weighted by atomic mass is 35.5. The van der Waals surface area contributed by atoms with Crippen molar-refractivity contribution in [1.29, 1.82) is 0 Å². The fraction of sp³-hybridized carbons (Fsp3) is 0.133. The van der Waals surface area contributed by atoms with Crippen molar-refractivity contribution >= 4 is 40.2 Å². The number of carbonyl (C=O) groups is 1. The van der Waals surface area contributed by atoms with E-state index in [-0.39, 0.29) is 5.91 Å². The summed E-state index contributed by atoms with van der Waals surface area (Å²) in [4.78, 5) is 22.9. The molecule has 7 nitrogen and oxygen atoms in total. The minimum atomic E-state index is -0.196. The molecule has 0 saturated carbocycles. The second kappa shape index (κ2) is 6.33. The van der Waals surface area contributed by atoms with Crippen LogP contribution in [0.5, 0.6) is 0 Å². The normalized spacial score (nSPS) is 10.9. The summed E-state index contributed by atoms with van der Waals surface area (Å²) in [6.07, 6.45) is 5.01. The molecule has 0 aliphatic rings. The van der Waals surface area contributed by atoms with Gasteiger partial charge >= 0.3 is 0 Å². The Morgan fingerprint density at radius 1 is 1.35 bits per heavy atom. The summed E-state index contributed by atoms with van der Waals surface area (Å²) < 4.78 is 1.65. The van der Waals surface area contributed by atoms with Gasteiger partial charge in [0.05, 0.1) is 29.5 Å². The third-order valence-corrected chi connectivity index (χ3v) is 3.69. The van der Waals surface area contributed by atoms with E-state index in [0.717, 1.165) is 11.2 Å². The fourth-order valence-electron chi connectivity index (χ4n) is 2.35. The average Bonchev–Trinajstić information content (AvgIpc) is 3.00. The zero-order chi connectivity index (χ0) is 16.4. The lowest BCUT2D eigenvalue weighted by atomic mass is 10.3. The van der Waals surface area contributed by atoms with Gasteiger partial charge in [-0.15, -0.1) is 0 Å². The second-order valence-electron chi connectivity index (χ2n) is 4.83. The molecule has 3 aromatic rings. The lowest BCUT2D eigenvalue weighted by Crippen LogP contribution is -2.75. The monoisotopic (exact) mass is 332 g/mol. The van der Waals surface area contributed by atoms with Gasteiger partial charge < -0.3 is 0 Å². The number of halogens is 1. The van der Waals surface area contributed by atoms with Crippen LogP contribution < -0.4 is 10.4 Å². The van der Waals surface area contributed by atoms with Crippen LogP contribution in [0.3, 0.4) is 0 Å². The van der Waals surface area contributed by atoms with E-state index in [1.807, 2.05) is 0 Å². The fourth-order valence-corrected chi connectivity index (χ4v) is 2.64. The summed E-state index contributed by atoms with van der Waals surface area (Å²) in [6.45, 7) is 1.46. The van der Waals surface area contributed by atoms with Crippen LogP contribution in [-0.2, 0) is 9.63 Å². The third-order valence-electron chi connectivity index (χ3n) is 3.30. The average molecular weight is 333 g/mol. The molecule has 2 N–H and O–H groups in total. The quantitative estimate of drug-likeness (QED) is 0.739. The molecule has 0 bridgehead atoms. The Morgan fingerprint density at radius 3 is 2.91 bits per heavy atom. The first-order valence-corrected chi connectivity index (χ1v) is 7.24. The van der Waals surface area contributed by atoms with Gasteiger partial charge in [-0.3, -0.25) is 9.69 Å². The Bertz CT molecular complexity index is 864. The number of amides is 1. The van der Waals surface area contributed by atoms with E-state index in [1.165, 1.54) is 11.8 Å². The Kier molecular flexibility index (Phi) is 4.24. The third kappa shape index (κ3) is 2.89. The predicted molar refractivity (Wildman–Crippen MR) is 85.9 cm³/mol. The van der Waals surface area contributed by atoms with E-state index >= 15 is 0 Å². The summed E-state index contributed by atoms with van der Waals surface area (Å²) in [6, 6.07) is 7.06. The van der Waals surface area contributed by atoms with Gasteiger partial charge in [-0.25, -0.2) is 14.3 Å². The maximum Gasteiger partial charge on any atom is 0.229 e. The van der Waals surface area contributed by atoms with Gasteiger partial charge in [0.2, 0.25) is 5.91 Å².